The number of hydrogen-bond donors (Lipinski definition) is 1. The van der Waals surface area contributed by atoms with Gasteiger partial charge in [0.25, 0.3) is 5.91 Å². The Kier molecular flexibility index (Phi) is 5.68. The van der Waals surface area contributed by atoms with Crippen molar-refractivity contribution in [2.45, 2.75) is 19.1 Å². The molecule has 8 heteroatoms. The van der Waals surface area contributed by atoms with Crippen LogP contribution in [0.2, 0.25) is 0 Å². The number of ether oxygens (including phenoxy) is 2. The lowest BCUT2D eigenvalue weighted by Crippen LogP contribution is -2.45. The monoisotopic (exact) mass is 402 g/mol. The smallest absolute Gasteiger partial charge is 0.261 e. The van der Waals surface area contributed by atoms with Crippen molar-refractivity contribution in [2.75, 3.05) is 32.8 Å². The van der Waals surface area contributed by atoms with Gasteiger partial charge in [-0.3, -0.25) is 9.59 Å². The van der Waals surface area contributed by atoms with Crippen molar-refractivity contribution in [1.29, 1.82) is 0 Å². The topological polar surface area (TPSA) is 67.9 Å². The second kappa shape index (κ2) is 7.74. The molecule has 2 fully saturated rings. The minimum Gasteiger partial charge on any atom is -0.350 e. The summed E-state index contributed by atoms with van der Waals surface area (Å²) in [5.41, 5.74) is 0. The average molecular weight is 403 g/mol. The van der Waals surface area contributed by atoms with E-state index < -0.39 is 0 Å². The zero-order chi connectivity index (χ0) is 16.2. The highest BCUT2D eigenvalue weighted by atomic mass is 79.9. The van der Waals surface area contributed by atoms with Gasteiger partial charge in [-0.1, -0.05) is 0 Å². The number of carbonyl (C=O) groups excluding carboxylic acids is 2. The molecule has 0 atom stereocenters. The Labute approximate surface area is 147 Å². The van der Waals surface area contributed by atoms with Crippen LogP contribution in [0.25, 0.3) is 0 Å². The first-order valence-corrected chi connectivity index (χ1v) is 9.29. The maximum atomic E-state index is 12.2. The summed E-state index contributed by atoms with van der Waals surface area (Å²) in [6, 6.07) is 3.56. The van der Waals surface area contributed by atoms with Crippen molar-refractivity contribution >= 4 is 39.1 Å². The van der Waals surface area contributed by atoms with Crippen LogP contribution in [0, 0.1) is 5.92 Å². The van der Waals surface area contributed by atoms with Gasteiger partial charge in [0.15, 0.2) is 6.29 Å². The second-order valence-corrected chi connectivity index (χ2v) is 8.08. The number of hydrogen-bond acceptors (Lipinski definition) is 5. The predicted octanol–water partition coefficient (Wildman–Crippen LogP) is 1.85. The first kappa shape index (κ1) is 16.9. The Balaban J connectivity index is 1.41. The van der Waals surface area contributed by atoms with Crippen LogP contribution in [-0.2, 0) is 14.3 Å². The molecule has 1 aromatic heterocycles. The van der Waals surface area contributed by atoms with Crippen molar-refractivity contribution < 1.29 is 19.1 Å². The molecule has 0 saturated carbocycles. The van der Waals surface area contributed by atoms with Crippen LogP contribution >= 0.6 is 27.3 Å². The third kappa shape index (κ3) is 4.32. The number of rotatable bonds is 4. The normalized spacial score (nSPS) is 20.0. The molecule has 0 aliphatic carbocycles. The van der Waals surface area contributed by atoms with Crippen LogP contribution in [0.4, 0.5) is 0 Å². The van der Waals surface area contributed by atoms with Crippen molar-refractivity contribution in [1.82, 2.24) is 10.2 Å². The van der Waals surface area contributed by atoms with E-state index in [4.69, 9.17) is 9.47 Å². The Morgan fingerprint density at radius 1 is 1.26 bits per heavy atom. The molecule has 2 aliphatic rings. The Morgan fingerprint density at radius 2 is 1.96 bits per heavy atom. The first-order valence-electron chi connectivity index (χ1n) is 7.68. The Hall–Kier alpha value is -0.960. The quantitative estimate of drug-likeness (QED) is 0.834. The molecule has 3 rings (SSSR count). The highest BCUT2D eigenvalue weighted by Gasteiger charge is 2.31. The summed E-state index contributed by atoms with van der Waals surface area (Å²) in [6.45, 7) is 2.74. The second-order valence-electron chi connectivity index (χ2n) is 5.61. The van der Waals surface area contributed by atoms with Crippen LogP contribution in [-0.4, -0.2) is 55.9 Å². The van der Waals surface area contributed by atoms with Crippen molar-refractivity contribution in [2.24, 2.45) is 5.92 Å². The summed E-state index contributed by atoms with van der Waals surface area (Å²) in [6.07, 6.45) is 1.65. The van der Waals surface area contributed by atoms with E-state index in [-0.39, 0.29) is 24.6 Å². The van der Waals surface area contributed by atoms with Crippen LogP contribution in [0.5, 0.6) is 0 Å². The van der Waals surface area contributed by atoms with Gasteiger partial charge in [0.05, 0.1) is 28.4 Å². The van der Waals surface area contributed by atoms with E-state index in [1.54, 1.807) is 11.0 Å². The van der Waals surface area contributed by atoms with Crippen LogP contribution in [0.3, 0.4) is 0 Å². The maximum Gasteiger partial charge on any atom is 0.261 e. The Morgan fingerprint density at radius 3 is 2.57 bits per heavy atom. The van der Waals surface area contributed by atoms with E-state index in [0.717, 1.165) is 16.6 Å². The molecule has 6 nitrogen and oxygen atoms in total. The number of nitrogens with zero attached hydrogens (tertiary/aromatic N) is 1. The molecule has 3 heterocycles. The Bertz CT molecular complexity index is 566. The molecule has 0 unspecified atom stereocenters. The number of piperidine rings is 1. The van der Waals surface area contributed by atoms with E-state index in [1.165, 1.54) is 11.3 Å². The van der Waals surface area contributed by atoms with Gasteiger partial charge in [-0.25, -0.2) is 0 Å². The summed E-state index contributed by atoms with van der Waals surface area (Å²) in [4.78, 5) is 26.6. The molecule has 2 amide bonds. The van der Waals surface area contributed by atoms with Gasteiger partial charge >= 0.3 is 0 Å². The zero-order valence-corrected chi connectivity index (χ0v) is 15.0. The molecule has 0 radical (unpaired) electrons. The molecular weight excluding hydrogens is 384 g/mol. The molecule has 23 heavy (non-hydrogen) atoms. The molecule has 0 bridgehead atoms. The standard InChI is InChI=1S/C15H19BrN2O4S/c16-12-2-1-11(23-12)14(20)17-9-13(19)18-5-3-10(4-6-18)15-21-7-8-22-15/h1-2,10,15H,3-9H2,(H,17,20). The predicted molar refractivity (Wildman–Crippen MR) is 89.3 cm³/mol. The first-order chi connectivity index (χ1) is 11.1. The van der Waals surface area contributed by atoms with E-state index in [0.29, 0.717) is 37.1 Å². The lowest BCUT2D eigenvalue weighted by molar-refractivity contribution is -0.135. The number of thiophene rings is 1. The summed E-state index contributed by atoms with van der Waals surface area (Å²) >= 11 is 4.67. The fourth-order valence-electron chi connectivity index (χ4n) is 2.86. The number of likely N-dealkylation sites (tertiary alicyclic amines) is 1. The molecule has 2 aliphatic heterocycles. The van der Waals surface area contributed by atoms with Crippen LogP contribution < -0.4 is 5.32 Å². The van der Waals surface area contributed by atoms with Gasteiger partial charge < -0.3 is 19.7 Å². The van der Waals surface area contributed by atoms with E-state index in [9.17, 15) is 9.59 Å². The molecule has 1 aromatic rings. The molecule has 2 saturated heterocycles. The van der Waals surface area contributed by atoms with Gasteiger partial charge in [0.2, 0.25) is 5.91 Å². The maximum absolute atomic E-state index is 12.2. The molecule has 126 valence electrons. The summed E-state index contributed by atoms with van der Waals surface area (Å²) in [5.74, 6) is 0.108. The van der Waals surface area contributed by atoms with E-state index >= 15 is 0 Å². The third-order valence-electron chi connectivity index (χ3n) is 4.12. The summed E-state index contributed by atoms with van der Waals surface area (Å²) in [7, 11) is 0. The lowest BCUT2D eigenvalue weighted by atomic mass is 9.96. The minimum absolute atomic E-state index is 0.0372. The summed E-state index contributed by atoms with van der Waals surface area (Å²) < 4.78 is 12.0. The fraction of sp³-hybridized carbons (Fsp3) is 0.600. The third-order valence-corrected chi connectivity index (χ3v) is 5.74. The van der Waals surface area contributed by atoms with Gasteiger partial charge in [0, 0.05) is 19.0 Å². The van der Waals surface area contributed by atoms with E-state index in [2.05, 4.69) is 21.2 Å². The number of nitrogens with one attached hydrogen (secondary N) is 1. The zero-order valence-electron chi connectivity index (χ0n) is 12.6. The molecular formula is C15H19BrN2O4S. The lowest BCUT2D eigenvalue weighted by Gasteiger charge is -2.33. The summed E-state index contributed by atoms with van der Waals surface area (Å²) in [5, 5.41) is 2.69. The van der Waals surface area contributed by atoms with Crippen LogP contribution in [0.1, 0.15) is 22.5 Å². The highest BCUT2D eigenvalue weighted by Crippen LogP contribution is 2.26. The number of carbonyl (C=O) groups is 2. The molecule has 1 N–H and O–H groups in total. The van der Waals surface area contributed by atoms with Crippen molar-refractivity contribution in [3.05, 3.63) is 20.8 Å². The molecule has 0 spiro atoms. The van der Waals surface area contributed by atoms with Crippen molar-refractivity contribution in [3.63, 3.8) is 0 Å². The van der Waals surface area contributed by atoms with Gasteiger partial charge in [-0.2, -0.15) is 0 Å². The number of amides is 2. The minimum atomic E-state index is -0.211. The van der Waals surface area contributed by atoms with E-state index in [1.807, 2.05) is 6.07 Å². The average Bonchev–Trinajstić information content (AvgIpc) is 3.24. The fourth-order valence-corrected chi connectivity index (χ4v) is 4.16. The van der Waals surface area contributed by atoms with Crippen LogP contribution in [0.15, 0.2) is 15.9 Å². The SMILES string of the molecule is O=C(NCC(=O)N1CCC(C2OCCO2)CC1)c1ccc(Br)s1. The van der Waals surface area contributed by atoms with Crippen molar-refractivity contribution in [3.8, 4) is 0 Å². The largest absolute Gasteiger partial charge is 0.350 e. The van der Waals surface area contributed by atoms with Gasteiger partial charge in [0.1, 0.15) is 0 Å². The van der Waals surface area contributed by atoms with Gasteiger partial charge in [-0.15, -0.1) is 11.3 Å². The molecule has 0 aromatic carbocycles. The highest BCUT2D eigenvalue weighted by molar-refractivity contribution is 9.11. The number of halogens is 1. The van der Waals surface area contributed by atoms with Gasteiger partial charge in [-0.05, 0) is 40.9 Å².